The van der Waals surface area contributed by atoms with E-state index in [9.17, 15) is 20.2 Å². The number of benzene rings is 1. The summed E-state index contributed by atoms with van der Waals surface area (Å²) in [5.41, 5.74) is -0.512. The molecule has 2 aromatic rings. The number of fused-ring (bicyclic) bond motifs is 1. The molecular weight excluding hydrogens is 271 g/mol. The molecule has 0 N–H and O–H groups in total. The molecular formula is C6H2N4O4Se. The Labute approximate surface area is 87.8 Å². The van der Waals surface area contributed by atoms with Gasteiger partial charge in [-0.3, -0.25) is 0 Å². The van der Waals surface area contributed by atoms with Crippen molar-refractivity contribution in [1.29, 1.82) is 0 Å². The number of rotatable bonds is 2. The first kappa shape index (κ1) is 9.69. The van der Waals surface area contributed by atoms with Gasteiger partial charge in [-0.15, -0.1) is 0 Å². The molecule has 0 bridgehead atoms. The van der Waals surface area contributed by atoms with Gasteiger partial charge in [0.2, 0.25) is 0 Å². The third kappa shape index (κ3) is 1.58. The molecule has 8 nitrogen and oxygen atoms in total. The number of aromatic nitrogens is 2. The van der Waals surface area contributed by atoms with Gasteiger partial charge in [-0.1, -0.05) is 0 Å². The number of non-ortho nitro benzene ring substituents is 2. The molecule has 0 fully saturated rings. The van der Waals surface area contributed by atoms with Crippen molar-refractivity contribution in [2.24, 2.45) is 0 Å². The van der Waals surface area contributed by atoms with Gasteiger partial charge in [-0.25, -0.2) is 0 Å². The Kier molecular flexibility index (Phi) is 2.18. The maximum absolute atomic E-state index is 10.6. The molecule has 15 heavy (non-hydrogen) atoms. The summed E-state index contributed by atoms with van der Waals surface area (Å²) in [5, 5.41) is 24.7. The predicted molar refractivity (Wildman–Crippen MR) is 49.8 cm³/mol. The van der Waals surface area contributed by atoms with E-state index < -0.39 is 24.6 Å². The molecule has 0 saturated carbocycles. The summed E-state index contributed by atoms with van der Waals surface area (Å²) in [5.74, 6) is 0. The van der Waals surface area contributed by atoms with Crippen molar-refractivity contribution < 1.29 is 9.85 Å². The van der Waals surface area contributed by atoms with Crippen LogP contribution in [-0.4, -0.2) is 33.8 Å². The van der Waals surface area contributed by atoms with Crippen molar-refractivity contribution >= 4 is 35.9 Å². The van der Waals surface area contributed by atoms with Gasteiger partial charge < -0.3 is 0 Å². The molecule has 0 aliphatic heterocycles. The second-order valence-electron chi connectivity index (χ2n) is 2.60. The van der Waals surface area contributed by atoms with Crippen molar-refractivity contribution in [3.05, 3.63) is 32.4 Å². The Balaban J connectivity index is 2.80. The number of nitro benzene ring substituents is 2. The predicted octanol–water partition coefficient (Wildman–Crippen LogP) is 0.503. The van der Waals surface area contributed by atoms with Crippen LogP contribution < -0.4 is 0 Å². The molecule has 0 saturated heterocycles. The second-order valence-corrected chi connectivity index (χ2v) is 4.25. The Morgan fingerprint density at radius 3 is 2.53 bits per heavy atom. The van der Waals surface area contributed by atoms with E-state index in [-0.39, 0.29) is 16.9 Å². The topological polar surface area (TPSA) is 112 Å². The minimum absolute atomic E-state index is 0.144. The number of hydrogen-bond donors (Lipinski definition) is 0. The minimum atomic E-state index is -0.688. The Bertz CT molecular complexity index is 565. The van der Waals surface area contributed by atoms with Crippen molar-refractivity contribution in [2.45, 2.75) is 0 Å². The van der Waals surface area contributed by atoms with Crippen LogP contribution in [0.5, 0.6) is 0 Å². The van der Waals surface area contributed by atoms with Crippen LogP contribution in [0.25, 0.3) is 9.78 Å². The van der Waals surface area contributed by atoms with Gasteiger partial charge in [0.1, 0.15) is 0 Å². The average Bonchev–Trinajstić information content (AvgIpc) is 2.62. The summed E-state index contributed by atoms with van der Waals surface area (Å²) < 4.78 is 4.13. The first-order valence-corrected chi connectivity index (χ1v) is 5.27. The zero-order chi connectivity index (χ0) is 11.0. The summed E-state index contributed by atoms with van der Waals surface area (Å²) in [6.45, 7) is 0. The summed E-state index contributed by atoms with van der Waals surface area (Å²) in [6.07, 6.45) is 0. The molecule has 2 rings (SSSR count). The molecule has 1 heterocycles. The zero-order valence-electron chi connectivity index (χ0n) is 6.98. The van der Waals surface area contributed by atoms with Crippen LogP contribution in [0.15, 0.2) is 12.1 Å². The molecule has 0 aliphatic carbocycles. The van der Waals surface area contributed by atoms with Crippen molar-refractivity contribution in [3.63, 3.8) is 0 Å². The van der Waals surface area contributed by atoms with E-state index in [1.54, 1.807) is 0 Å². The summed E-state index contributed by atoms with van der Waals surface area (Å²) in [7, 11) is 0. The van der Waals surface area contributed by atoms with Gasteiger partial charge in [0, 0.05) is 0 Å². The van der Waals surface area contributed by atoms with E-state index in [2.05, 4.69) is 9.19 Å². The van der Waals surface area contributed by atoms with Gasteiger partial charge >= 0.3 is 87.3 Å². The van der Waals surface area contributed by atoms with E-state index in [0.29, 0.717) is 4.26 Å². The van der Waals surface area contributed by atoms with Crippen LogP contribution in [0.1, 0.15) is 0 Å². The molecule has 9 heteroatoms. The molecule has 76 valence electrons. The van der Waals surface area contributed by atoms with E-state index in [4.69, 9.17) is 0 Å². The Morgan fingerprint density at radius 2 is 1.93 bits per heavy atom. The second kappa shape index (κ2) is 3.37. The van der Waals surface area contributed by atoms with Gasteiger partial charge in [-0.2, -0.15) is 0 Å². The van der Waals surface area contributed by atoms with E-state index in [1.165, 1.54) is 6.07 Å². The molecule has 0 aliphatic rings. The van der Waals surface area contributed by atoms with Gasteiger partial charge in [0.15, 0.2) is 0 Å². The number of nitro groups is 2. The molecule has 1 aromatic heterocycles. The monoisotopic (exact) mass is 274 g/mol. The van der Waals surface area contributed by atoms with E-state index in [0.717, 1.165) is 6.07 Å². The van der Waals surface area contributed by atoms with Crippen LogP contribution in [0.3, 0.4) is 0 Å². The van der Waals surface area contributed by atoms with Crippen LogP contribution >= 0.6 is 0 Å². The van der Waals surface area contributed by atoms with E-state index >= 15 is 0 Å². The first-order valence-electron chi connectivity index (χ1n) is 3.64. The summed E-state index contributed by atoms with van der Waals surface area (Å²) >= 11 is -0.397. The quantitative estimate of drug-likeness (QED) is 0.447. The van der Waals surface area contributed by atoms with Gasteiger partial charge in [-0.05, 0) is 0 Å². The standard InChI is InChI=1S/C6H2N4O4Se/c11-9(12)3-1-4(10(13)14)6-5(2-3)15-8-7-6/h1-2H. The number of hydrogen-bond acceptors (Lipinski definition) is 6. The Morgan fingerprint density at radius 1 is 1.20 bits per heavy atom. The van der Waals surface area contributed by atoms with Crippen LogP contribution in [-0.2, 0) is 0 Å². The summed E-state index contributed by atoms with van der Waals surface area (Å²) in [6, 6.07) is 2.18. The fourth-order valence-electron chi connectivity index (χ4n) is 1.10. The van der Waals surface area contributed by atoms with E-state index in [1.807, 2.05) is 0 Å². The van der Waals surface area contributed by atoms with Crippen molar-refractivity contribution in [1.82, 2.24) is 9.19 Å². The fourth-order valence-corrected chi connectivity index (χ4v) is 2.39. The molecule has 0 amide bonds. The van der Waals surface area contributed by atoms with Crippen LogP contribution in [0.2, 0.25) is 0 Å². The maximum atomic E-state index is 10.6. The average molecular weight is 273 g/mol. The first-order chi connectivity index (χ1) is 7.09. The van der Waals surface area contributed by atoms with Gasteiger partial charge in [0.05, 0.1) is 0 Å². The normalized spacial score (nSPS) is 10.4. The molecule has 0 spiro atoms. The molecule has 0 atom stereocenters. The third-order valence-electron chi connectivity index (χ3n) is 1.73. The zero-order valence-corrected chi connectivity index (χ0v) is 8.70. The fraction of sp³-hybridized carbons (Fsp3) is 0. The van der Waals surface area contributed by atoms with Crippen molar-refractivity contribution in [3.8, 4) is 0 Å². The summed E-state index contributed by atoms with van der Waals surface area (Å²) in [4.78, 5) is 19.8. The van der Waals surface area contributed by atoms with Gasteiger partial charge in [0.25, 0.3) is 0 Å². The van der Waals surface area contributed by atoms with Crippen LogP contribution in [0.4, 0.5) is 11.4 Å². The molecule has 1 aromatic carbocycles. The van der Waals surface area contributed by atoms with Crippen molar-refractivity contribution in [2.75, 3.05) is 0 Å². The molecule has 0 radical (unpaired) electrons. The SMILES string of the molecule is O=[N+]([O-])c1cc([N+](=O)[O-])c2nn[se]c2c1. The number of nitrogens with zero attached hydrogens (tertiary/aromatic N) is 4. The van der Waals surface area contributed by atoms with Crippen LogP contribution in [0, 0.1) is 20.2 Å². The Hall–Kier alpha value is -1.86. The third-order valence-corrected chi connectivity index (χ3v) is 3.14. The molecule has 0 unspecified atom stereocenters.